The maximum Gasteiger partial charge on any atom is 0.0338 e. The van der Waals surface area contributed by atoms with E-state index in [0.29, 0.717) is 11.6 Å². The smallest absolute Gasteiger partial charge is 0.0338 e. The molecule has 116 valence electrons. The molecule has 1 aliphatic carbocycles. The van der Waals surface area contributed by atoms with Crippen LogP contribution in [-0.4, -0.2) is 29.6 Å². The zero-order valence-electron chi connectivity index (χ0n) is 13.9. The zero-order valence-corrected chi connectivity index (χ0v) is 13.9. The van der Waals surface area contributed by atoms with E-state index in [4.69, 9.17) is 0 Å². The van der Waals surface area contributed by atoms with Crippen LogP contribution in [0.4, 0.5) is 0 Å². The van der Waals surface area contributed by atoms with Crippen LogP contribution in [0.15, 0.2) is 18.2 Å². The lowest BCUT2D eigenvalue weighted by Gasteiger charge is -2.51. The highest BCUT2D eigenvalue weighted by molar-refractivity contribution is 5.28. The van der Waals surface area contributed by atoms with Crippen molar-refractivity contribution in [2.24, 2.45) is 0 Å². The van der Waals surface area contributed by atoms with Gasteiger partial charge in [0.2, 0.25) is 0 Å². The molecule has 1 aromatic rings. The van der Waals surface area contributed by atoms with E-state index in [1.54, 1.807) is 0 Å². The Morgan fingerprint density at radius 2 is 1.76 bits per heavy atom. The molecule has 0 amide bonds. The molecule has 2 fully saturated rings. The van der Waals surface area contributed by atoms with Gasteiger partial charge in [0.1, 0.15) is 0 Å². The van der Waals surface area contributed by atoms with Gasteiger partial charge in [-0.3, -0.25) is 4.90 Å². The lowest BCUT2D eigenvalue weighted by Crippen LogP contribution is -2.64. The predicted molar refractivity (Wildman–Crippen MR) is 89.6 cm³/mol. The second-order valence-electron chi connectivity index (χ2n) is 7.44. The van der Waals surface area contributed by atoms with Gasteiger partial charge in [0.05, 0.1) is 0 Å². The Morgan fingerprint density at radius 3 is 2.43 bits per heavy atom. The van der Waals surface area contributed by atoms with Gasteiger partial charge in [-0.05, 0) is 39.2 Å². The van der Waals surface area contributed by atoms with Crippen molar-refractivity contribution in [2.75, 3.05) is 13.1 Å². The molecule has 1 spiro atoms. The third kappa shape index (κ3) is 3.32. The fraction of sp³-hybridized carbons (Fsp3) is 0.684. The van der Waals surface area contributed by atoms with Gasteiger partial charge >= 0.3 is 0 Å². The van der Waals surface area contributed by atoms with Crippen LogP contribution in [-0.2, 0) is 6.54 Å². The summed E-state index contributed by atoms with van der Waals surface area (Å²) in [5, 5.41) is 3.74. The number of benzene rings is 1. The van der Waals surface area contributed by atoms with E-state index in [1.807, 2.05) is 0 Å². The summed E-state index contributed by atoms with van der Waals surface area (Å²) in [6.07, 6.45) is 6.97. The molecule has 1 N–H and O–H groups in total. The van der Waals surface area contributed by atoms with Crippen LogP contribution in [0.25, 0.3) is 0 Å². The average Bonchev–Trinajstić information content (AvgIpc) is 2.43. The summed E-state index contributed by atoms with van der Waals surface area (Å²) in [6.45, 7) is 10.2. The number of piperazine rings is 1. The topological polar surface area (TPSA) is 15.3 Å². The Bertz CT molecular complexity index is 468. The molecule has 0 bridgehead atoms. The molecule has 0 aromatic heterocycles. The minimum Gasteiger partial charge on any atom is -0.311 e. The lowest BCUT2D eigenvalue weighted by molar-refractivity contribution is 0.00616. The number of aryl methyl sites for hydroxylation is 2. The number of nitrogens with one attached hydrogen (secondary N) is 1. The maximum atomic E-state index is 3.74. The highest BCUT2D eigenvalue weighted by atomic mass is 15.3. The third-order valence-corrected chi connectivity index (χ3v) is 5.38. The summed E-state index contributed by atoms with van der Waals surface area (Å²) in [5.41, 5.74) is 4.70. The number of hydrogen-bond acceptors (Lipinski definition) is 2. The fourth-order valence-electron chi connectivity index (χ4n) is 4.38. The van der Waals surface area contributed by atoms with Crippen molar-refractivity contribution in [3.63, 3.8) is 0 Å². The molecule has 1 unspecified atom stereocenters. The van der Waals surface area contributed by atoms with Gasteiger partial charge in [-0.25, -0.2) is 0 Å². The van der Waals surface area contributed by atoms with E-state index in [9.17, 15) is 0 Å². The number of rotatable bonds is 2. The molecule has 1 aliphatic heterocycles. The van der Waals surface area contributed by atoms with Gasteiger partial charge in [0, 0.05) is 31.2 Å². The van der Waals surface area contributed by atoms with E-state index in [-0.39, 0.29) is 0 Å². The molecule has 1 atom stereocenters. The monoisotopic (exact) mass is 286 g/mol. The van der Waals surface area contributed by atoms with Crippen molar-refractivity contribution < 1.29 is 0 Å². The zero-order chi connectivity index (χ0) is 14.9. The summed E-state index contributed by atoms with van der Waals surface area (Å²) in [6, 6.07) is 7.63. The molecule has 1 aromatic carbocycles. The van der Waals surface area contributed by atoms with Crippen molar-refractivity contribution in [2.45, 2.75) is 71.0 Å². The quantitative estimate of drug-likeness (QED) is 0.889. The van der Waals surface area contributed by atoms with Crippen molar-refractivity contribution in [1.29, 1.82) is 0 Å². The first-order valence-corrected chi connectivity index (χ1v) is 8.63. The number of nitrogens with zero attached hydrogens (tertiary/aromatic N) is 1. The molecule has 2 nitrogen and oxygen atoms in total. The van der Waals surface area contributed by atoms with Crippen molar-refractivity contribution in [3.05, 3.63) is 34.9 Å². The van der Waals surface area contributed by atoms with Crippen LogP contribution in [0, 0.1) is 13.8 Å². The van der Waals surface area contributed by atoms with Crippen molar-refractivity contribution in [1.82, 2.24) is 10.2 Å². The fourth-order valence-corrected chi connectivity index (χ4v) is 4.38. The molecule has 2 aliphatic rings. The molecule has 2 heteroatoms. The van der Waals surface area contributed by atoms with Crippen LogP contribution in [0.5, 0.6) is 0 Å². The second kappa shape index (κ2) is 6.10. The minimum atomic E-state index is 0.419. The minimum absolute atomic E-state index is 0.419. The van der Waals surface area contributed by atoms with E-state index in [0.717, 1.165) is 6.54 Å². The summed E-state index contributed by atoms with van der Waals surface area (Å²) < 4.78 is 0. The van der Waals surface area contributed by atoms with Gasteiger partial charge < -0.3 is 5.32 Å². The molecular formula is C19H30N2. The molecule has 3 rings (SSSR count). The van der Waals surface area contributed by atoms with E-state index < -0.39 is 0 Å². The lowest BCUT2D eigenvalue weighted by atomic mass is 9.78. The Hall–Kier alpha value is -0.860. The molecule has 0 radical (unpaired) electrons. The highest BCUT2D eigenvalue weighted by Gasteiger charge is 2.41. The Kier molecular flexibility index (Phi) is 4.37. The first kappa shape index (κ1) is 15.1. The van der Waals surface area contributed by atoms with Crippen LogP contribution in [0.2, 0.25) is 0 Å². The predicted octanol–water partition coefficient (Wildman–Crippen LogP) is 3.80. The first-order chi connectivity index (χ1) is 10.1. The van der Waals surface area contributed by atoms with E-state index >= 15 is 0 Å². The van der Waals surface area contributed by atoms with Crippen LogP contribution in [0.3, 0.4) is 0 Å². The van der Waals surface area contributed by atoms with Gasteiger partial charge in [0.15, 0.2) is 0 Å². The molecular weight excluding hydrogens is 256 g/mol. The Balaban J connectivity index is 1.82. The maximum absolute atomic E-state index is 3.74. The van der Waals surface area contributed by atoms with E-state index in [2.05, 4.69) is 49.2 Å². The van der Waals surface area contributed by atoms with Gasteiger partial charge in [-0.1, -0.05) is 48.6 Å². The molecule has 1 heterocycles. The highest BCUT2D eigenvalue weighted by Crippen LogP contribution is 2.36. The summed E-state index contributed by atoms with van der Waals surface area (Å²) in [7, 11) is 0. The van der Waals surface area contributed by atoms with Crippen LogP contribution in [0.1, 0.15) is 55.7 Å². The number of hydrogen-bond donors (Lipinski definition) is 1. The van der Waals surface area contributed by atoms with Crippen molar-refractivity contribution >= 4 is 0 Å². The van der Waals surface area contributed by atoms with Crippen LogP contribution < -0.4 is 5.32 Å². The van der Waals surface area contributed by atoms with Crippen molar-refractivity contribution in [3.8, 4) is 0 Å². The summed E-state index contributed by atoms with van der Waals surface area (Å²) >= 11 is 0. The SMILES string of the molecule is Cc1cc(C)cc(CN2CC(C)NCC23CCCCC3)c1. The largest absolute Gasteiger partial charge is 0.311 e. The van der Waals surface area contributed by atoms with Gasteiger partial charge in [0.25, 0.3) is 0 Å². The molecule has 1 saturated carbocycles. The molecule has 1 saturated heterocycles. The Morgan fingerprint density at radius 1 is 1.10 bits per heavy atom. The summed E-state index contributed by atoms with van der Waals surface area (Å²) in [4.78, 5) is 2.79. The third-order valence-electron chi connectivity index (χ3n) is 5.38. The Labute approximate surface area is 129 Å². The van der Waals surface area contributed by atoms with E-state index in [1.165, 1.54) is 61.9 Å². The normalized spacial score (nSPS) is 26.1. The first-order valence-electron chi connectivity index (χ1n) is 8.63. The molecule has 21 heavy (non-hydrogen) atoms. The second-order valence-corrected chi connectivity index (χ2v) is 7.44. The average molecular weight is 286 g/mol. The standard InChI is InChI=1S/C19H30N2/c1-15-9-16(2)11-18(10-15)13-21-12-17(3)20-14-19(21)7-5-4-6-8-19/h9-11,17,20H,4-8,12-14H2,1-3H3. The van der Waals surface area contributed by atoms with Gasteiger partial charge in [-0.2, -0.15) is 0 Å². The van der Waals surface area contributed by atoms with Gasteiger partial charge in [-0.15, -0.1) is 0 Å². The summed E-state index contributed by atoms with van der Waals surface area (Å²) in [5.74, 6) is 0. The van der Waals surface area contributed by atoms with Crippen LogP contribution >= 0.6 is 0 Å².